The molecule has 0 bridgehead atoms. The van der Waals surface area contributed by atoms with Gasteiger partial charge >= 0.3 is 0 Å². The number of nitrogens with two attached hydrogens (primary N) is 1. The van der Waals surface area contributed by atoms with Crippen molar-refractivity contribution in [1.82, 2.24) is 10.4 Å². The number of pyridine rings is 1. The van der Waals surface area contributed by atoms with Gasteiger partial charge in [-0.3, -0.25) is 10.8 Å². The smallest absolute Gasteiger partial charge is 0.132 e. The van der Waals surface area contributed by atoms with Gasteiger partial charge in [-0.05, 0) is 24.6 Å². The zero-order valence-corrected chi connectivity index (χ0v) is 10.9. The highest BCUT2D eigenvalue weighted by Crippen LogP contribution is 2.26. The number of methoxy groups -OCH3 is 1. The third kappa shape index (κ3) is 2.89. The van der Waals surface area contributed by atoms with E-state index in [0.717, 1.165) is 11.3 Å². The summed E-state index contributed by atoms with van der Waals surface area (Å²) in [7, 11) is 1.50. The molecule has 0 spiro atoms. The van der Waals surface area contributed by atoms with Crippen LogP contribution < -0.4 is 16.0 Å². The number of benzene rings is 1. The molecule has 100 valence electrons. The number of aromatic nitrogens is 1. The maximum atomic E-state index is 14.0. The van der Waals surface area contributed by atoms with Gasteiger partial charge in [-0.15, -0.1) is 0 Å². The second kappa shape index (κ2) is 5.77. The molecule has 3 N–H and O–H groups in total. The Bertz CT molecular complexity index is 557. The molecule has 0 saturated carbocycles. The summed E-state index contributed by atoms with van der Waals surface area (Å²) >= 11 is 0. The Morgan fingerprint density at radius 2 is 2.11 bits per heavy atom. The van der Waals surface area contributed by atoms with Crippen LogP contribution in [0.3, 0.4) is 0 Å². The Hall–Kier alpha value is -1.98. The van der Waals surface area contributed by atoms with Crippen LogP contribution in [-0.4, -0.2) is 12.1 Å². The number of hydrogen-bond acceptors (Lipinski definition) is 4. The Balaban J connectivity index is 2.39. The quantitative estimate of drug-likeness (QED) is 0.653. The van der Waals surface area contributed by atoms with Crippen molar-refractivity contribution in [3.8, 4) is 5.75 Å². The first-order valence-electron chi connectivity index (χ1n) is 5.88. The molecule has 1 aromatic heterocycles. The summed E-state index contributed by atoms with van der Waals surface area (Å²) in [6.07, 6.45) is 1.68. The minimum atomic E-state index is -0.445. The monoisotopic (exact) mass is 261 g/mol. The van der Waals surface area contributed by atoms with E-state index in [-0.39, 0.29) is 5.82 Å². The van der Waals surface area contributed by atoms with Crippen LogP contribution in [-0.2, 0) is 0 Å². The summed E-state index contributed by atoms with van der Waals surface area (Å²) in [6.45, 7) is 1.89. The van der Waals surface area contributed by atoms with E-state index >= 15 is 0 Å². The highest BCUT2D eigenvalue weighted by molar-refractivity contribution is 5.36. The third-order valence-electron chi connectivity index (χ3n) is 2.95. The molecule has 1 aromatic carbocycles. The fourth-order valence-electron chi connectivity index (χ4n) is 1.88. The van der Waals surface area contributed by atoms with E-state index in [1.165, 1.54) is 13.2 Å². The number of rotatable bonds is 4. The molecule has 19 heavy (non-hydrogen) atoms. The SMILES string of the molecule is COc1ccc(C(NN)c2ccc(C)nc2)c(F)c1. The molecule has 0 fully saturated rings. The Morgan fingerprint density at radius 3 is 2.63 bits per heavy atom. The van der Waals surface area contributed by atoms with Crippen LogP contribution in [0, 0.1) is 12.7 Å². The van der Waals surface area contributed by atoms with E-state index < -0.39 is 6.04 Å². The molecule has 0 saturated heterocycles. The minimum Gasteiger partial charge on any atom is -0.497 e. The highest BCUT2D eigenvalue weighted by atomic mass is 19.1. The molecule has 2 aromatic rings. The molecule has 0 amide bonds. The lowest BCUT2D eigenvalue weighted by molar-refractivity contribution is 0.410. The van der Waals surface area contributed by atoms with Gasteiger partial charge in [0.1, 0.15) is 11.6 Å². The van der Waals surface area contributed by atoms with Gasteiger partial charge in [0.15, 0.2) is 0 Å². The van der Waals surface area contributed by atoms with Gasteiger partial charge in [0, 0.05) is 23.5 Å². The molecule has 1 unspecified atom stereocenters. The zero-order valence-electron chi connectivity index (χ0n) is 10.9. The van der Waals surface area contributed by atoms with Crippen LogP contribution in [0.4, 0.5) is 4.39 Å². The van der Waals surface area contributed by atoms with E-state index in [2.05, 4.69) is 10.4 Å². The molecule has 5 heteroatoms. The van der Waals surface area contributed by atoms with Crippen molar-refractivity contribution in [3.63, 3.8) is 0 Å². The van der Waals surface area contributed by atoms with Crippen LogP contribution in [0.1, 0.15) is 22.9 Å². The molecule has 1 heterocycles. The van der Waals surface area contributed by atoms with Crippen molar-refractivity contribution in [1.29, 1.82) is 0 Å². The molecular weight excluding hydrogens is 245 g/mol. The molecule has 0 aliphatic heterocycles. The first-order valence-corrected chi connectivity index (χ1v) is 5.88. The van der Waals surface area contributed by atoms with E-state index in [9.17, 15) is 4.39 Å². The van der Waals surface area contributed by atoms with E-state index in [4.69, 9.17) is 10.6 Å². The van der Waals surface area contributed by atoms with Crippen LogP contribution in [0.15, 0.2) is 36.5 Å². The van der Waals surface area contributed by atoms with Gasteiger partial charge in [0.25, 0.3) is 0 Å². The number of aryl methyl sites for hydroxylation is 1. The fourth-order valence-corrected chi connectivity index (χ4v) is 1.88. The van der Waals surface area contributed by atoms with Crippen molar-refractivity contribution < 1.29 is 9.13 Å². The van der Waals surface area contributed by atoms with Crippen LogP contribution in [0.5, 0.6) is 5.75 Å². The van der Waals surface area contributed by atoms with Crippen molar-refractivity contribution in [2.45, 2.75) is 13.0 Å². The van der Waals surface area contributed by atoms with Gasteiger partial charge in [-0.25, -0.2) is 9.82 Å². The van der Waals surface area contributed by atoms with Gasteiger partial charge in [0.2, 0.25) is 0 Å². The number of nitrogens with zero attached hydrogens (tertiary/aromatic N) is 1. The van der Waals surface area contributed by atoms with Gasteiger partial charge in [0.05, 0.1) is 13.2 Å². The summed E-state index contributed by atoms with van der Waals surface area (Å²) in [5.74, 6) is 5.64. The number of hydrazine groups is 1. The van der Waals surface area contributed by atoms with E-state index in [1.54, 1.807) is 18.3 Å². The van der Waals surface area contributed by atoms with E-state index in [0.29, 0.717) is 11.3 Å². The first kappa shape index (κ1) is 13.5. The maximum absolute atomic E-state index is 14.0. The predicted octanol–water partition coefficient (Wildman–Crippen LogP) is 2.09. The Labute approximate surface area is 111 Å². The second-order valence-corrected chi connectivity index (χ2v) is 4.22. The lowest BCUT2D eigenvalue weighted by atomic mass is 10.00. The van der Waals surface area contributed by atoms with Crippen LogP contribution in [0.2, 0.25) is 0 Å². The molecular formula is C14H16FN3O. The molecule has 4 nitrogen and oxygen atoms in total. The minimum absolute atomic E-state index is 0.372. The molecule has 2 rings (SSSR count). The fraction of sp³-hybridized carbons (Fsp3) is 0.214. The average Bonchev–Trinajstić information content (AvgIpc) is 2.43. The normalized spacial score (nSPS) is 12.2. The maximum Gasteiger partial charge on any atom is 0.132 e. The molecule has 0 aliphatic rings. The number of halogens is 1. The number of nitrogens with one attached hydrogen (secondary N) is 1. The average molecular weight is 261 g/mol. The highest BCUT2D eigenvalue weighted by Gasteiger charge is 2.17. The van der Waals surface area contributed by atoms with Crippen LogP contribution >= 0.6 is 0 Å². The van der Waals surface area contributed by atoms with Crippen molar-refractivity contribution in [2.75, 3.05) is 7.11 Å². The Morgan fingerprint density at radius 1 is 1.32 bits per heavy atom. The van der Waals surface area contributed by atoms with E-state index in [1.807, 2.05) is 19.1 Å². The summed E-state index contributed by atoms with van der Waals surface area (Å²) in [4.78, 5) is 4.19. The summed E-state index contributed by atoms with van der Waals surface area (Å²) in [5, 5.41) is 0. The standard InChI is InChI=1S/C14H16FN3O/c1-9-3-4-10(8-17-9)14(18-16)12-6-5-11(19-2)7-13(12)15/h3-8,14,18H,16H2,1-2H3. The van der Waals surface area contributed by atoms with Crippen molar-refractivity contribution in [2.24, 2.45) is 5.84 Å². The van der Waals surface area contributed by atoms with Gasteiger partial charge < -0.3 is 4.74 Å². The first-order chi connectivity index (χ1) is 9.15. The van der Waals surface area contributed by atoms with Crippen molar-refractivity contribution in [3.05, 3.63) is 59.2 Å². The topological polar surface area (TPSA) is 60.2 Å². The lowest BCUT2D eigenvalue weighted by Crippen LogP contribution is -2.29. The number of ether oxygens (including phenoxy) is 1. The zero-order chi connectivity index (χ0) is 13.8. The summed E-state index contributed by atoms with van der Waals surface area (Å²) in [6, 6.07) is 7.97. The lowest BCUT2D eigenvalue weighted by Gasteiger charge is -2.17. The third-order valence-corrected chi connectivity index (χ3v) is 2.95. The Kier molecular flexibility index (Phi) is 4.09. The van der Waals surface area contributed by atoms with Crippen LogP contribution in [0.25, 0.3) is 0 Å². The number of hydrogen-bond donors (Lipinski definition) is 2. The second-order valence-electron chi connectivity index (χ2n) is 4.22. The summed E-state index contributed by atoms with van der Waals surface area (Å²) < 4.78 is 19.0. The molecule has 0 radical (unpaired) electrons. The molecule has 0 aliphatic carbocycles. The predicted molar refractivity (Wildman–Crippen MR) is 71.1 cm³/mol. The largest absolute Gasteiger partial charge is 0.497 e. The van der Waals surface area contributed by atoms with Gasteiger partial charge in [-0.2, -0.15) is 0 Å². The summed E-state index contributed by atoms with van der Waals surface area (Å²) in [5.41, 5.74) is 4.77. The van der Waals surface area contributed by atoms with Gasteiger partial charge in [-0.1, -0.05) is 12.1 Å². The van der Waals surface area contributed by atoms with Crippen molar-refractivity contribution >= 4 is 0 Å². The molecule has 1 atom stereocenters.